The number of hydrogen-bond donors (Lipinski definition) is 1. The van der Waals surface area contributed by atoms with Gasteiger partial charge >= 0.3 is 0 Å². The number of rotatable bonds is 5. The fourth-order valence-corrected chi connectivity index (χ4v) is 3.45. The molecule has 1 aromatic carbocycles. The SMILES string of the molecule is CC(C)c1ccc(NC2CCN(C3CC3)C2)c(C(C)C)c1. The Morgan fingerprint density at radius 1 is 1.05 bits per heavy atom. The lowest BCUT2D eigenvalue weighted by Crippen LogP contribution is -2.28. The molecule has 1 saturated heterocycles. The minimum Gasteiger partial charge on any atom is -0.381 e. The third-order valence-corrected chi connectivity index (χ3v) is 5.01. The molecule has 2 nitrogen and oxygen atoms in total. The first-order valence-corrected chi connectivity index (χ1v) is 8.69. The molecule has 1 aromatic rings. The average molecular weight is 286 g/mol. The third-order valence-electron chi connectivity index (χ3n) is 5.01. The zero-order valence-corrected chi connectivity index (χ0v) is 14.0. The van der Waals surface area contributed by atoms with Crippen molar-refractivity contribution in [3.63, 3.8) is 0 Å². The molecule has 1 atom stereocenters. The molecule has 1 saturated carbocycles. The van der Waals surface area contributed by atoms with Gasteiger partial charge < -0.3 is 5.32 Å². The Balaban J connectivity index is 1.72. The van der Waals surface area contributed by atoms with E-state index >= 15 is 0 Å². The van der Waals surface area contributed by atoms with Crippen molar-refractivity contribution in [2.75, 3.05) is 18.4 Å². The minimum atomic E-state index is 0.576. The third kappa shape index (κ3) is 3.42. The fraction of sp³-hybridized carbons (Fsp3) is 0.684. The summed E-state index contributed by atoms with van der Waals surface area (Å²) in [5.74, 6) is 1.18. The zero-order chi connectivity index (χ0) is 15.0. The van der Waals surface area contributed by atoms with Gasteiger partial charge in [0.05, 0.1) is 0 Å². The van der Waals surface area contributed by atoms with Crippen LogP contribution in [0.15, 0.2) is 18.2 Å². The van der Waals surface area contributed by atoms with Crippen LogP contribution in [0.3, 0.4) is 0 Å². The summed E-state index contributed by atoms with van der Waals surface area (Å²) in [4.78, 5) is 2.68. The topological polar surface area (TPSA) is 15.3 Å². The summed E-state index contributed by atoms with van der Waals surface area (Å²) in [6.45, 7) is 11.7. The highest BCUT2D eigenvalue weighted by molar-refractivity contribution is 5.55. The average Bonchev–Trinajstić information content (AvgIpc) is 3.19. The number of likely N-dealkylation sites (tertiary alicyclic amines) is 1. The molecule has 1 N–H and O–H groups in total. The summed E-state index contributed by atoms with van der Waals surface area (Å²) in [5, 5.41) is 3.83. The molecule has 2 fully saturated rings. The Labute approximate surface area is 129 Å². The second kappa shape index (κ2) is 6.00. The van der Waals surface area contributed by atoms with E-state index in [4.69, 9.17) is 0 Å². The van der Waals surface area contributed by atoms with E-state index in [2.05, 4.69) is 56.1 Å². The lowest BCUT2D eigenvalue weighted by molar-refractivity contribution is 0.326. The van der Waals surface area contributed by atoms with Gasteiger partial charge in [0, 0.05) is 30.9 Å². The summed E-state index contributed by atoms with van der Waals surface area (Å²) >= 11 is 0. The van der Waals surface area contributed by atoms with E-state index in [1.807, 2.05) is 0 Å². The van der Waals surface area contributed by atoms with E-state index in [0.717, 1.165) is 6.04 Å². The molecular formula is C19H30N2. The Bertz CT molecular complexity index is 488. The summed E-state index contributed by atoms with van der Waals surface area (Å²) < 4.78 is 0. The monoisotopic (exact) mass is 286 g/mol. The van der Waals surface area contributed by atoms with Crippen molar-refractivity contribution in [3.05, 3.63) is 29.3 Å². The van der Waals surface area contributed by atoms with Crippen molar-refractivity contribution in [2.24, 2.45) is 0 Å². The second-order valence-electron chi connectivity index (χ2n) is 7.51. The molecular weight excluding hydrogens is 256 g/mol. The van der Waals surface area contributed by atoms with Crippen molar-refractivity contribution >= 4 is 5.69 Å². The van der Waals surface area contributed by atoms with Crippen molar-refractivity contribution in [1.29, 1.82) is 0 Å². The van der Waals surface area contributed by atoms with Gasteiger partial charge in [0.1, 0.15) is 0 Å². The van der Waals surface area contributed by atoms with Gasteiger partial charge in [-0.05, 0) is 48.3 Å². The first-order chi connectivity index (χ1) is 10.0. The number of hydrogen-bond acceptors (Lipinski definition) is 2. The van der Waals surface area contributed by atoms with Crippen LogP contribution >= 0.6 is 0 Å². The van der Waals surface area contributed by atoms with Crippen LogP contribution in [0.5, 0.6) is 0 Å². The van der Waals surface area contributed by atoms with Crippen molar-refractivity contribution in [2.45, 2.75) is 70.9 Å². The standard InChI is InChI=1S/C19H30N2/c1-13(2)15-5-8-19(18(11-15)14(3)4)20-16-9-10-21(12-16)17-6-7-17/h5,8,11,13-14,16-17,20H,6-7,9-10,12H2,1-4H3. The maximum Gasteiger partial charge on any atom is 0.0400 e. The van der Waals surface area contributed by atoms with E-state index in [-0.39, 0.29) is 0 Å². The zero-order valence-electron chi connectivity index (χ0n) is 14.0. The summed E-state index contributed by atoms with van der Waals surface area (Å²) in [6.07, 6.45) is 4.14. The van der Waals surface area contributed by atoms with Gasteiger partial charge in [-0.1, -0.05) is 39.8 Å². The Kier molecular flexibility index (Phi) is 4.26. The molecule has 116 valence electrons. The quantitative estimate of drug-likeness (QED) is 0.852. The molecule has 0 amide bonds. The molecule has 1 unspecified atom stereocenters. The molecule has 0 aromatic heterocycles. The van der Waals surface area contributed by atoms with Crippen LogP contribution in [0.4, 0.5) is 5.69 Å². The van der Waals surface area contributed by atoms with Gasteiger partial charge in [-0.25, -0.2) is 0 Å². The van der Waals surface area contributed by atoms with Crippen molar-refractivity contribution in [1.82, 2.24) is 4.90 Å². The largest absolute Gasteiger partial charge is 0.381 e. The van der Waals surface area contributed by atoms with E-state index in [9.17, 15) is 0 Å². The van der Waals surface area contributed by atoms with E-state index in [0.29, 0.717) is 17.9 Å². The van der Waals surface area contributed by atoms with Crippen LogP contribution < -0.4 is 5.32 Å². The van der Waals surface area contributed by atoms with E-state index in [1.54, 1.807) is 0 Å². The maximum absolute atomic E-state index is 3.83. The second-order valence-corrected chi connectivity index (χ2v) is 7.51. The smallest absolute Gasteiger partial charge is 0.0400 e. The molecule has 0 radical (unpaired) electrons. The summed E-state index contributed by atoms with van der Waals surface area (Å²) in [7, 11) is 0. The predicted molar refractivity (Wildman–Crippen MR) is 91.2 cm³/mol. The lowest BCUT2D eigenvalue weighted by atomic mass is 9.94. The number of nitrogens with one attached hydrogen (secondary N) is 1. The van der Waals surface area contributed by atoms with Crippen LogP contribution in [-0.2, 0) is 0 Å². The number of benzene rings is 1. The van der Waals surface area contributed by atoms with Crippen LogP contribution in [0.2, 0.25) is 0 Å². The highest BCUT2D eigenvalue weighted by Crippen LogP contribution is 2.33. The Morgan fingerprint density at radius 3 is 2.43 bits per heavy atom. The van der Waals surface area contributed by atoms with E-state index < -0.39 is 0 Å². The molecule has 0 spiro atoms. The van der Waals surface area contributed by atoms with Gasteiger partial charge in [0.25, 0.3) is 0 Å². The molecule has 2 aliphatic rings. The normalized spacial score (nSPS) is 23.2. The molecule has 21 heavy (non-hydrogen) atoms. The van der Waals surface area contributed by atoms with Gasteiger partial charge in [-0.15, -0.1) is 0 Å². The van der Waals surface area contributed by atoms with Gasteiger partial charge in [-0.3, -0.25) is 4.90 Å². The highest BCUT2D eigenvalue weighted by Gasteiger charge is 2.34. The number of anilines is 1. The highest BCUT2D eigenvalue weighted by atomic mass is 15.2. The van der Waals surface area contributed by atoms with Gasteiger partial charge in [0.2, 0.25) is 0 Å². The fourth-order valence-electron chi connectivity index (χ4n) is 3.45. The molecule has 3 rings (SSSR count). The molecule has 1 heterocycles. The van der Waals surface area contributed by atoms with Crippen LogP contribution in [0.25, 0.3) is 0 Å². The Morgan fingerprint density at radius 2 is 1.81 bits per heavy atom. The maximum atomic E-state index is 3.83. The molecule has 1 aliphatic carbocycles. The Hall–Kier alpha value is -1.02. The first-order valence-electron chi connectivity index (χ1n) is 8.69. The van der Waals surface area contributed by atoms with Crippen LogP contribution in [0, 0.1) is 0 Å². The van der Waals surface area contributed by atoms with E-state index in [1.165, 1.54) is 49.2 Å². The summed E-state index contributed by atoms with van der Waals surface area (Å²) in [5.41, 5.74) is 4.29. The predicted octanol–water partition coefficient (Wildman–Crippen LogP) is 4.58. The van der Waals surface area contributed by atoms with Crippen molar-refractivity contribution < 1.29 is 0 Å². The number of nitrogens with zero attached hydrogens (tertiary/aromatic N) is 1. The molecule has 0 bridgehead atoms. The first kappa shape index (κ1) is 14.9. The minimum absolute atomic E-state index is 0.576. The molecule has 1 aliphatic heterocycles. The summed E-state index contributed by atoms with van der Waals surface area (Å²) in [6, 6.07) is 8.56. The van der Waals surface area contributed by atoms with Gasteiger partial charge in [0.15, 0.2) is 0 Å². The van der Waals surface area contributed by atoms with Gasteiger partial charge in [-0.2, -0.15) is 0 Å². The van der Waals surface area contributed by atoms with Crippen LogP contribution in [0.1, 0.15) is 69.9 Å². The van der Waals surface area contributed by atoms with Crippen molar-refractivity contribution in [3.8, 4) is 0 Å². The van der Waals surface area contributed by atoms with Crippen LogP contribution in [-0.4, -0.2) is 30.1 Å². The molecule has 2 heteroatoms. The lowest BCUT2D eigenvalue weighted by Gasteiger charge is -2.21.